The quantitative estimate of drug-likeness (QED) is 0.0351. The largest absolute Gasteiger partial charge is 2.00 e. The van der Waals surface area contributed by atoms with Crippen molar-refractivity contribution < 1.29 is 45.6 Å². The zero-order valence-corrected chi connectivity index (χ0v) is 38.8. The van der Waals surface area contributed by atoms with Crippen molar-refractivity contribution in [2.75, 3.05) is 0 Å². The molecule has 10 nitrogen and oxygen atoms in total. The minimum atomic E-state index is -4.61. The molecule has 320 valence electrons. The summed E-state index contributed by atoms with van der Waals surface area (Å²) < 4.78 is 79.6. The number of rotatable bonds is 26. The van der Waals surface area contributed by atoms with Crippen LogP contribution in [-0.4, -0.2) is 68.8 Å². The van der Waals surface area contributed by atoms with Crippen LogP contribution in [0.15, 0.2) is 94.7 Å². The van der Waals surface area contributed by atoms with Crippen LogP contribution in [0.3, 0.4) is 0 Å². The number of hydrogen-bond donors (Lipinski definition) is 2. The number of ether oxygens (including phenoxy) is 2. The van der Waals surface area contributed by atoms with Gasteiger partial charge in [-0.1, -0.05) is 147 Å². The predicted octanol–water partition coefficient (Wildman–Crippen LogP) is 11.7. The molecule has 2 N–H and O–H groups in total. The molecule has 0 spiro atoms. The molecule has 59 heavy (non-hydrogen) atoms. The van der Waals surface area contributed by atoms with E-state index in [0.717, 1.165) is 38.5 Å². The van der Waals surface area contributed by atoms with Gasteiger partial charge >= 0.3 is 37.7 Å². The van der Waals surface area contributed by atoms with E-state index in [-0.39, 0.29) is 64.8 Å². The van der Waals surface area contributed by atoms with Gasteiger partial charge in [0.15, 0.2) is 0 Å². The third-order valence-electron chi connectivity index (χ3n) is 9.82. The van der Waals surface area contributed by atoms with E-state index in [1.165, 1.54) is 113 Å². The van der Waals surface area contributed by atoms with Gasteiger partial charge in [-0.3, -0.25) is 4.55 Å². The van der Waals surface area contributed by atoms with Crippen molar-refractivity contribution in [2.24, 2.45) is 0 Å². The van der Waals surface area contributed by atoms with Gasteiger partial charge in [0.05, 0.1) is 4.90 Å². The second kappa shape index (κ2) is 28.6. The Labute approximate surface area is 383 Å². The van der Waals surface area contributed by atoms with Gasteiger partial charge in [-0.15, -0.1) is 5.75 Å². The fraction of sp³-hybridized carbons (Fsp3) is 0.478. The molecule has 4 aromatic rings. The van der Waals surface area contributed by atoms with Crippen LogP contribution < -0.4 is 14.6 Å². The van der Waals surface area contributed by atoms with E-state index in [9.17, 15) is 36.2 Å². The van der Waals surface area contributed by atoms with Crippen molar-refractivity contribution in [3.05, 3.63) is 96.1 Å². The number of hydrogen-bond acceptors (Lipinski definition) is 9. The Morgan fingerprint density at radius 3 is 1.32 bits per heavy atom. The molecule has 0 saturated heterocycles. The molecule has 0 aliphatic heterocycles. The standard InChI is InChI=1S/2C23H32O5S.Ca/c2*1-2-3-4-5-6-7-8-9-10-12-19-15-16-22(18-23(19)29(25,26)27)28-21-14-11-13-20(24)17-21;/h2*11,13-18,24H,2-10,12H2,1H3,(H,25,26,27);/q;;+2/p-2. The van der Waals surface area contributed by atoms with E-state index in [2.05, 4.69) is 13.8 Å². The summed E-state index contributed by atoms with van der Waals surface area (Å²) in [6, 6.07) is 21.3. The van der Waals surface area contributed by atoms with E-state index in [1.54, 1.807) is 48.5 Å². The first kappa shape index (κ1) is 52.3. The molecule has 0 heterocycles. The summed E-state index contributed by atoms with van der Waals surface area (Å²) in [4.78, 5) is -0.359. The van der Waals surface area contributed by atoms with E-state index >= 15 is 0 Å². The summed E-state index contributed by atoms with van der Waals surface area (Å²) in [5.41, 5.74) is 1.12. The van der Waals surface area contributed by atoms with Crippen molar-refractivity contribution in [2.45, 2.75) is 152 Å². The predicted molar refractivity (Wildman–Crippen MR) is 232 cm³/mol. The molecule has 4 rings (SSSR count). The van der Waals surface area contributed by atoms with E-state index < -0.39 is 20.2 Å². The first-order valence-corrected chi connectivity index (χ1v) is 23.8. The molecular weight excluding hydrogens is 817 g/mol. The molecule has 13 heteroatoms. The topological polar surface area (TPSA) is 173 Å². The summed E-state index contributed by atoms with van der Waals surface area (Å²) in [7, 11) is -8.95. The van der Waals surface area contributed by atoms with Crippen molar-refractivity contribution in [1.82, 2.24) is 0 Å². The fourth-order valence-corrected chi connectivity index (χ4v) is 8.21. The maximum absolute atomic E-state index is 11.8. The van der Waals surface area contributed by atoms with Crippen LogP contribution in [0, 0.1) is 0 Å². The molecule has 0 aliphatic carbocycles. The Kier molecular flexibility index (Phi) is 25.4. The number of aromatic hydroxyl groups is 1. The SMILES string of the molecule is CCCCCCCCCCCc1ccc(Oc2cccc(O)c2)cc1S(=O)(=O)O.CCCCCCCCCCCc1ccc(Oc2cccc([O-])c2)cc1S(=O)(=O)[O-].[Ca+2]. The van der Waals surface area contributed by atoms with Gasteiger partial charge in [0.1, 0.15) is 43.8 Å². The van der Waals surface area contributed by atoms with Crippen molar-refractivity contribution in [1.29, 1.82) is 0 Å². The number of phenols is 1. The minimum absolute atomic E-state index is 0. The summed E-state index contributed by atoms with van der Waals surface area (Å²) in [5.74, 6) is 1.05. The van der Waals surface area contributed by atoms with Gasteiger partial charge in [-0.25, -0.2) is 8.42 Å². The molecule has 0 aromatic heterocycles. The zero-order chi connectivity index (χ0) is 42.2. The Balaban J connectivity index is 0.000000400. The van der Waals surface area contributed by atoms with Gasteiger partial charge in [0, 0.05) is 12.1 Å². The second-order valence-electron chi connectivity index (χ2n) is 14.8. The van der Waals surface area contributed by atoms with Crippen LogP contribution in [0.4, 0.5) is 0 Å². The molecule has 4 aromatic carbocycles. The fourth-order valence-electron chi connectivity index (χ4n) is 6.69. The number of benzene rings is 4. The maximum atomic E-state index is 11.8. The first-order chi connectivity index (χ1) is 27.8. The van der Waals surface area contributed by atoms with Crippen molar-refractivity contribution in [3.63, 3.8) is 0 Å². The Morgan fingerprint density at radius 2 is 0.898 bits per heavy atom. The molecule has 0 radical (unpaired) electrons. The Hall–Kier alpha value is -2.84. The molecule has 0 aliphatic rings. The molecule has 0 atom stereocenters. The van der Waals surface area contributed by atoms with Gasteiger partial charge in [-0.2, -0.15) is 8.42 Å². The minimum Gasteiger partial charge on any atom is -0.872 e. The van der Waals surface area contributed by atoms with Gasteiger partial charge in [0.25, 0.3) is 10.1 Å². The van der Waals surface area contributed by atoms with Crippen molar-refractivity contribution >= 4 is 58.0 Å². The molecular formula is C46H62CaO10S2. The monoisotopic (exact) mass is 878 g/mol. The summed E-state index contributed by atoms with van der Waals surface area (Å²) in [6.45, 7) is 4.42. The van der Waals surface area contributed by atoms with E-state index in [4.69, 9.17) is 9.47 Å². The van der Waals surface area contributed by atoms with E-state index in [1.807, 2.05) is 0 Å². The average molecular weight is 879 g/mol. The van der Waals surface area contributed by atoms with Crippen LogP contribution in [0.5, 0.6) is 34.5 Å². The molecule has 0 unspecified atom stereocenters. The summed E-state index contributed by atoms with van der Waals surface area (Å²) >= 11 is 0. The number of phenolic OH excluding ortho intramolecular Hbond substituents is 1. The second-order valence-corrected chi connectivity index (χ2v) is 17.5. The van der Waals surface area contributed by atoms with Gasteiger partial charge in [-0.05, 0) is 79.3 Å². The summed E-state index contributed by atoms with van der Waals surface area (Å²) in [6.07, 6.45) is 22.4. The Bertz CT molecular complexity index is 1870. The van der Waals surface area contributed by atoms with Crippen LogP contribution in [0.2, 0.25) is 0 Å². The Morgan fingerprint density at radius 1 is 0.508 bits per heavy atom. The van der Waals surface area contributed by atoms with Crippen LogP contribution in [-0.2, 0) is 33.1 Å². The van der Waals surface area contributed by atoms with Crippen LogP contribution in [0.1, 0.15) is 141 Å². The molecule has 0 fully saturated rings. The van der Waals surface area contributed by atoms with E-state index in [0.29, 0.717) is 41.2 Å². The first-order valence-electron chi connectivity index (χ1n) is 20.9. The average Bonchev–Trinajstić information content (AvgIpc) is 3.17. The molecule has 0 saturated carbocycles. The number of aryl methyl sites for hydroxylation is 2. The summed E-state index contributed by atoms with van der Waals surface area (Å²) in [5, 5.41) is 20.9. The third kappa shape index (κ3) is 21.5. The third-order valence-corrected chi connectivity index (χ3v) is 11.7. The smallest absolute Gasteiger partial charge is 0.872 e. The molecule has 0 bridgehead atoms. The van der Waals surface area contributed by atoms with Gasteiger partial charge < -0.3 is 24.2 Å². The normalized spacial score (nSPS) is 11.3. The maximum Gasteiger partial charge on any atom is 2.00 e. The van der Waals surface area contributed by atoms with Crippen molar-refractivity contribution in [3.8, 4) is 34.5 Å². The van der Waals surface area contributed by atoms with Gasteiger partial charge in [0.2, 0.25) is 0 Å². The van der Waals surface area contributed by atoms with Crippen LogP contribution in [0.25, 0.3) is 0 Å². The number of unbranched alkanes of at least 4 members (excludes halogenated alkanes) is 16. The zero-order valence-electron chi connectivity index (χ0n) is 34.9. The molecule has 0 amide bonds. The van der Waals surface area contributed by atoms with Crippen LogP contribution >= 0.6 is 0 Å².